The van der Waals surface area contributed by atoms with Crippen LogP contribution in [-0.4, -0.2) is 18.7 Å². The highest BCUT2D eigenvalue weighted by atomic mass is 19.4. The Labute approximate surface area is 109 Å². The Kier molecular flexibility index (Phi) is 2.70. The number of ether oxygens (including phenoxy) is 1. The van der Waals surface area contributed by atoms with Gasteiger partial charge >= 0.3 is 6.18 Å². The minimum atomic E-state index is -4.32. The maximum Gasteiger partial charge on any atom is 0.416 e. The van der Waals surface area contributed by atoms with E-state index >= 15 is 0 Å². The van der Waals surface area contributed by atoms with Gasteiger partial charge in [-0.25, -0.2) is 0 Å². The van der Waals surface area contributed by atoms with Gasteiger partial charge in [0.1, 0.15) is 0 Å². The number of rotatable bonds is 0. The lowest BCUT2D eigenvalue weighted by Gasteiger charge is -2.38. The lowest BCUT2D eigenvalue weighted by atomic mass is 9.79. The van der Waals surface area contributed by atoms with Gasteiger partial charge in [0.25, 0.3) is 0 Å². The molecule has 19 heavy (non-hydrogen) atoms. The second-order valence-corrected chi connectivity index (χ2v) is 5.66. The van der Waals surface area contributed by atoms with Crippen molar-refractivity contribution in [3.63, 3.8) is 0 Å². The monoisotopic (exact) mass is 271 g/mol. The van der Waals surface area contributed by atoms with E-state index in [2.05, 4.69) is 5.32 Å². The van der Waals surface area contributed by atoms with Gasteiger partial charge in [0.15, 0.2) is 0 Å². The second kappa shape index (κ2) is 3.96. The quantitative estimate of drug-likeness (QED) is 0.783. The Balaban J connectivity index is 2.18. The van der Waals surface area contributed by atoms with Crippen LogP contribution in [0.1, 0.15) is 35.1 Å². The molecule has 0 spiro atoms. The van der Waals surface area contributed by atoms with Crippen LogP contribution in [0.4, 0.5) is 13.2 Å². The molecule has 104 valence electrons. The number of halogens is 3. The molecule has 0 aromatic heterocycles. The molecule has 1 fully saturated rings. The van der Waals surface area contributed by atoms with Crippen molar-refractivity contribution in [1.82, 2.24) is 5.32 Å². The van der Waals surface area contributed by atoms with E-state index in [1.165, 1.54) is 6.07 Å². The van der Waals surface area contributed by atoms with Crippen molar-refractivity contribution in [2.24, 2.45) is 0 Å². The molecule has 0 radical (unpaired) electrons. The van der Waals surface area contributed by atoms with Gasteiger partial charge < -0.3 is 10.1 Å². The molecule has 2 heterocycles. The standard InChI is InChI=1S/C14H16F3NO/c1-8-3-9-10(11(4-8)14(15,16)17)6-19-13(2)7-18-5-12(9)13/h3-4,12,18H,5-7H2,1-2H3/t12-,13?/m0/s1. The minimum absolute atomic E-state index is 0.00255. The number of alkyl halides is 3. The molecule has 1 N–H and O–H groups in total. The zero-order chi connectivity index (χ0) is 13.8. The molecule has 2 aliphatic rings. The molecule has 2 atom stereocenters. The summed E-state index contributed by atoms with van der Waals surface area (Å²) in [5.41, 5.74) is 0.831. The van der Waals surface area contributed by atoms with E-state index in [1.807, 2.05) is 13.0 Å². The van der Waals surface area contributed by atoms with Crippen LogP contribution in [0.2, 0.25) is 0 Å². The van der Waals surface area contributed by atoms with E-state index in [9.17, 15) is 13.2 Å². The van der Waals surface area contributed by atoms with E-state index in [-0.39, 0.29) is 18.1 Å². The van der Waals surface area contributed by atoms with Gasteiger partial charge in [-0.1, -0.05) is 11.6 Å². The summed E-state index contributed by atoms with van der Waals surface area (Å²) in [6.07, 6.45) is -4.32. The van der Waals surface area contributed by atoms with Crippen molar-refractivity contribution in [3.05, 3.63) is 34.4 Å². The van der Waals surface area contributed by atoms with Crippen LogP contribution < -0.4 is 5.32 Å². The number of hydrogen-bond acceptors (Lipinski definition) is 2. The molecule has 2 nitrogen and oxygen atoms in total. The first-order chi connectivity index (χ1) is 8.81. The maximum atomic E-state index is 13.1. The number of fused-ring (bicyclic) bond motifs is 3. The molecule has 5 heteroatoms. The summed E-state index contributed by atoms with van der Waals surface area (Å²) in [4.78, 5) is 0. The zero-order valence-corrected chi connectivity index (χ0v) is 10.9. The lowest BCUT2D eigenvalue weighted by Crippen LogP contribution is -2.40. The molecule has 1 unspecified atom stereocenters. The average molecular weight is 271 g/mol. The van der Waals surface area contributed by atoms with E-state index in [4.69, 9.17) is 4.74 Å². The first kappa shape index (κ1) is 12.9. The fourth-order valence-electron chi connectivity index (χ4n) is 3.20. The van der Waals surface area contributed by atoms with Crippen LogP contribution in [0.3, 0.4) is 0 Å². The van der Waals surface area contributed by atoms with E-state index in [1.54, 1.807) is 6.92 Å². The Hall–Kier alpha value is -1.07. The number of benzene rings is 1. The number of hydrogen-bond donors (Lipinski definition) is 1. The summed E-state index contributed by atoms with van der Waals surface area (Å²) in [5, 5.41) is 3.22. The Morgan fingerprint density at radius 3 is 2.79 bits per heavy atom. The molecule has 2 aliphatic heterocycles. The topological polar surface area (TPSA) is 21.3 Å². The third-order valence-corrected chi connectivity index (χ3v) is 4.22. The fraction of sp³-hybridized carbons (Fsp3) is 0.571. The predicted octanol–water partition coefficient (Wildman–Crippen LogP) is 2.99. The molecule has 1 aromatic rings. The summed E-state index contributed by atoms with van der Waals surface area (Å²) in [6, 6.07) is 3.09. The molecule has 0 amide bonds. The Morgan fingerprint density at radius 2 is 2.11 bits per heavy atom. The van der Waals surface area contributed by atoms with Gasteiger partial charge in [-0.05, 0) is 31.0 Å². The van der Waals surface area contributed by atoms with Crippen LogP contribution >= 0.6 is 0 Å². The van der Waals surface area contributed by atoms with Gasteiger partial charge in [0, 0.05) is 19.0 Å². The van der Waals surface area contributed by atoms with Crippen molar-refractivity contribution in [3.8, 4) is 0 Å². The fourth-order valence-corrected chi connectivity index (χ4v) is 3.20. The SMILES string of the molecule is Cc1cc2c(c(C(F)(F)F)c1)COC1(C)CNC[C@@H]21. The van der Waals surface area contributed by atoms with Crippen molar-refractivity contribution in [2.75, 3.05) is 13.1 Å². The predicted molar refractivity (Wildman–Crippen MR) is 65.0 cm³/mol. The van der Waals surface area contributed by atoms with E-state index in [0.29, 0.717) is 24.2 Å². The molecular formula is C14H16F3NO. The van der Waals surface area contributed by atoms with Crippen molar-refractivity contribution in [1.29, 1.82) is 0 Å². The van der Waals surface area contributed by atoms with E-state index < -0.39 is 11.7 Å². The van der Waals surface area contributed by atoms with Gasteiger partial charge in [0.2, 0.25) is 0 Å². The summed E-state index contributed by atoms with van der Waals surface area (Å²) in [7, 11) is 0. The lowest BCUT2D eigenvalue weighted by molar-refractivity contribution is -0.141. The largest absolute Gasteiger partial charge is 0.416 e. The first-order valence-electron chi connectivity index (χ1n) is 6.36. The molecule has 1 saturated heterocycles. The van der Waals surface area contributed by atoms with E-state index in [0.717, 1.165) is 5.56 Å². The van der Waals surface area contributed by atoms with Crippen molar-refractivity contribution in [2.45, 2.75) is 38.1 Å². The third kappa shape index (κ3) is 1.96. The van der Waals surface area contributed by atoms with Crippen LogP contribution in [0.5, 0.6) is 0 Å². The minimum Gasteiger partial charge on any atom is -0.369 e. The maximum absolute atomic E-state index is 13.1. The molecular weight excluding hydrogens is 255 g/mol. The van der Waals surface area contributed by atoms with Crippen LogP contribution in [0, 0.1) is 6.92 Å². The summed E-state index contributed by atoms with van der Waals surface area (Å²) in [6.45, 7) is 5.08. The number of nitrogens with one attached hydrogen (secondary N) is 1. The van der Waals surface area contributed by atoms with Crippen LogP contribution in [-0.2, 0) is 17.5 Å². The van der Waals surface area contributed by atoms with Gasteiger partial charge in [-0.2, -0.15) is 13.2 Å². The Bertz CT molecular complexity index is 526. The van der Waals surface area contributed by atoms with Crippen LogP contribution in [0.15, 0.2) is 12.1 Å². The number of aryl methyl sites for hydroxylation is 1. The molecule has 0 saturated carbocycles. The summed E-state index contributed by atoms with van der Waals surface area (Å²) < 4.78 is 45.1. The van der Waals surface area contributed by atoms with Gasteiger partial charge in [-0.15, -0.1) is 0 Å². The average Bonchev–Trinajstić information content (AvgIpc) is 2.69. The normalized spacial score (nSPS) is 30.1. The molecule has 0 aliphatic carbocycles. The molecule has 1 aromatic carbocycles. The highest BCUT2D eigenvalue weighted by molar-refractivity contribution is 5.45. The smallest absolute Gasteiger partial charge is 0.369 e. The van der Waals surface area contributed by atoms with Gasteiger partial charge in [-0.3, -0.25) is 0 Å². The zero-order valence-electron chi connectivity index (χ0n) is 10.9. The summed E-state index contributed by atoms with van der Waals surface area (Å²) in [5.74, 6) is -0.00255. The summed E-state index contributed by atoms with van der Waals surface area (Å²) >= 11 is 0. The third-order valence-electron chi connectivity index (χ3n) is 4.22. The second-order valence-electron chi connectivity index (χ2n) is 5.66. The highest BCUT2D eigenvalue weighted by Crippen LogP contribution is 2.45. The van der Waals surface area contributed by atoms with Crippen LogP contribution in [0.25, 0.3) is 0 Å². The van der Waals surface area contributed by atoms with Crippen molar-refractivity contribution < 1.29 is 17.9 Å². The molecule has 0 bridgehead atoms. The van der Waals surface area contributed by atoms with Gasteiger partial charge in [0.05, 0.1) is 17.8 Å². The molecule has 3 rings (SSSR count). The Morgan fingerprint density at radius 1 is 1.37 bits per heavy atom. The van der Waals surface area contributed by atoms with Crippen molar-refractivity contribution >= 4 is 0 Å². The highest BCUT2D eigenvalue weighted by Gasteiger charge is 2.47. The first-order valence-corrected chi connectivity index (χ1v) is 6.36.